The van der Waals surface area contributed by atoms with Gasteiger partial charge in [0.2, 0.25) is 5.91 Å². The van der Waals surface area contributed by atoms with Crippen LogP contribution in [0, 0.1) is 5.92 Å². The van der Waals surface area contributed by atoms with Gasteiger partial charge in [-0.2, -0.15) is 5.10 Å². The molecule has 2 amide bonds. The predicted octanol–water partition coefficient (Wildman–Crippen LogP) is 2.72. The van der Waals surface area contributed by atoms with Gasteiger partial charge in [-0.15, -0.1) is 0 Å². The van der Waals surface area contributed by atoms with E-state index in [0.717, 1.165) is 23.7 Å². The van der Waals surface area contributed by atoms with E-state index in [2.05, 4.69) is 20.7 Å². The van der Waals surface area contributed by atoms with Crippen molar-refractivity contribution in [1.29, 1.82) is 0 Å². The van der Waals surface area contributed by atoms with Crippen molar-refractivity contribution in [2.45, 2.75) is 19.4 Å². The van der Waals surface area contributed by atoms with Crippen LogP contribution in [0.25, 0.3) is 10.9 Å². The predicted molar refractivity (Wildman–Crippen MR) is 115 cm³/mol. The molecule has 1 aliphatic carbocycles. The summed E-state index contributed by atoms with van der Waals surface area (Å²) >= 11 is 6.34. The number of hydrogen-bond donors (Lipinski definition) is 2. The largest absolute Gasteiger partial charge is 0.359 e. The van der Waals surface area contributed by atoms with E-state index in [1.807, 2.05) is 25.2 Å². The first kappa shape index (κ1) is 18.9. The van der Waals surface area contributed by atoms with E-state index < -0.39 is 0 Å². The van der Waals surface area contributed by atoms with Crippen LogP contribution in [0.1, 0.15) is 28.9 Å². The van der Waals surface area contributed by atoms with E-state index in [9.17, 15) is 9.59 Å². The number of nitrogens with zero attached hydrogens (tertiary/aromatic N) is 4. The molecule has 30 heavy (non-hydrogen) atoms. The van der Waals surface area contributed by atoms with Crippen molar-refractivity contribution in [1.82, 2.24) is 20.1 Å². The second kappa shape index (κ2) is 7.28. The smallest absolute Gasteiger partial charge is 0.253 e. The zero-order chi connectivity index (χ0) is 20.8. The van der Waals surface area contributed by atoms with Gasteiger partial charge < -0.3 is 15.5 Å². The molecule has 0 atom stereocenters. The van der Waals surface area contributed by atoms with Gasteiger partial charge in [-0.1, -0.05) is 17.7 Å². The summed E-state index contributed by atoms with van der Waals surface area (Å²) in [7, 11) is 1.84. The van der Waals surface area contributed by atoms with Gasteiger partial charge in [0.25, 0.3) is 5.91 Å². The highest BCUT2D eigenvalue weighted by atomic mass is 35.5. The fourth-order valence-corrected chi connectivity index (χ4v) is 4.09. The highest BCUT2D eigenvalue weighted by Crippen LogP contribution is 2.35. The summed E-state index contributed by atoms with van der Waals surface area (Å²) in [5, 5.41) is 11.8. The fourth-order valence-electron chi connectivity index (χ4n) is 3.81. The normalized spacial score (nSPS) is 15.8. The molecule has 3 heterocycles. The number of amides is 2. The zero-order valence-corrected chi connectivity index (χ0v) is 17.2. The maximum atomic E-state index is 12.8. The molecule has 1 saturated carbocycles. The van der Waals surface area contributed by atoms with Crippen LogP contribution in [0.15, 0.2) is 30.5 Å². The van der Waals surface area contributed by atoms with Crippen LogP contribution >= 0.6 is 11.6 Å². The Bertz CT molecular complexity index is 1170. The number of hydrogen-bond acceptors (Lipinski definition) is 5. The van der Waals surface area contributed by atoms with Gasteiger partial charge in [0.05, 0.1) is 40.6 Å². The van der Waals surface area contributed by atoms with Gasteiger partial charge in [0, 0.05) is 25.2 Å². The van der Waals surface area contributed by atoms with Gasteiger partial charge in [-0.3, -0.25) is 14.3 Å². The van der Waals surface area contributed by atoms with E-state index in [1.165, 1.54) is 6.20 Å². The van der Waals surface area contributed by atoms with Gasteiger partial charge in [-0.05, 0) is 37.0 Å². The number of halogens is 1. The Labute approximate surface area is 178 Å². The number of pyridine rings is 1. The lowest BCUT2D eigenvalue weighted by Gasteiger charge is -2.29. The number of benzene rings is 1. The van der Waals surface area contributed by atoms with E-state index in [-0.39, 0.29) is 24.9 Å². The number of anilines is 2. The Kier molecular flexibility index (Phi) is 4.58. The molecule has 3 aromatic rings. The minimum Gasteiger partial charge on any atom is -0.359 e. The lowest BCUT2D eigenvalue weighted by atomic mass is 10.1. The number of carbonyl (C=O) groups excluding carboxylic acids is 2. The third-order valence-corrected chi connectivity index (χ3v) is 5.90. The Morgan fingerprint density at radius 2 is 2.20 bits per heavy atom. The van der Waals surface area contributed by atoms with Gasteiger partial charge in [0.1, 0.15) is 5.82 Å². The molecule has 0 spiro atoms. The first-order valence-corrected chi connectivity index (χ1v) is 10.3. The molecule has 8 nitrogen and oxygen atoms in total. The molecule has 0 bridgehead atoms. The average molecular weight is 425 g/mol. The zero-order valence-electron chi connectivity index (χ0n) is 16.5. The minimum atomic E-state index is -0.277. The number of rotatable bonds is 5. The summed E-state index contributed by atoms with van der Waals surface area (Å²) in [6.07, 6.45) is 3.80. The van der Waals surface area contributed by atoms with Crippen LogP contribution in [0.2, 0.25) is 5.02 Å². The molecule has 1 fully saturated rings. The summed E-state index contributed by atoms with van der Waals surface area (Å²) in [6.45, 7) is 1.14. The van der Waals surface area contributed by atoms with Gasteiger partial charge >= 0.3 is 0 Å². The first-order chi connectivity index (χ1) is 14.5. The molecule has 0 saturated heterocycles. The van der Waals surface area contributed by atoms with Crippen molar-refractivity contribution < 1.29 is 9.59 Å². The van der Waals surface area contributed by atoms with Crippen LogP contribution in [0.5, 0.6) is 0 Å². The van der Waals surface area contributed by atoms with E-state index in [1.54, 1.807) is 15.6 Å². The Hall–Kier alpha value is -3.13. The Morgan fingerprint density at radius 1 is 1.37 bits per heavy atom. The van der Waals surface area contributed by atoms with Gasteiger partial charge in [0.15, 0.2) is 0 Å². The maximum absolute atomic E-state index is 12.8. The lowest BCUT2D eigenvalue weighted by molar-refractivity contribution is -0.117. The van der Waals surface area contributed by atoms with Crippen molar-refractivity contribution in [2.24, 2.45) is 13.0 Å². The molecule has 2 N–H and O–H groups in total. The van der Waals surface area contributed by atoms with Crippen LogP contribution in [-0.2, 0) is 18.4 Å². The summed E-state index contributed by atoms with van der Waals surface area (Å²) in [5.74, 6) is 0.901. The highest BCUT2D eigenvalue weighted by molar-refractivity contribution is 6.35. The third kappa shape index (κ3) is 3.37. The molecule has 1 aliphatic heterocycles. The summed E-state index contributed by atoms with van der Waals surface area (Å²) in [6, 6.07) is 7.35. The van der Waals surface area contributed by atoms with Crippen LogP contribution in [0.3, 0.4) is 0 Å². The molecule has 0 radical (unpaired) electrons. The number of carbonyl (C=O) groups is 2. The second-order valence-corrected chi connectivity index (χ2v) is 8.19. The topological polar surface area (TPSA) is 92.2 Å². The molecule has 154 valence electrons. The van der Waals surface area contributed by atoms with Crippen molar-refractivity contribution in [3.05, 3.63) is 46.7 Å². The van der Waals surface area contributed by atoms with Crippen LogP contribution in [0.4, 0.5) is 11.5 Å². The summed E-state index contributed by atoms with van der Waals surface area (Å²) < 4.78 is 1.75. The molecule has 2 aromatic heterocycles. The molecule has 1 aromatic carbocycles. The van der Waals surface area contributed by atoms with Crippen molar-refractivity contribution >= 4 is 45.8 Å². The number of nitrogens with one attached hydrogen (secondary N) is 2. The van der Waals surface area contributed by atoms with Crippen LogP contribution in [-0.4, -0.2) is 39.7 Å². The standard InChI is InChI=1S/C21H21ClN6O2/c1-27-16-4-2-3-14(22)19(16)15(26-27)9-25-21(30)13-7-17-20(23-8-13)24-10-18(29)28(17)11-12-5-6-12/h2-4,7-8,12H,5-6,9-11H2,1H3,(H,23,24)(H,25,30). The lowest BCUT2D eigenvalue weighted by Crippen LogP contribution is -2.41. The number of aryl methyl sites for hydroxylation is 1. The molecule has 2 aliphatic rings. The number of fused-ring (bicyclic) bond motifs is 2. The summed E-state index contributed by atoms with van der Waals surface area (Å²) in [4.78, 5) is 31.3. The minimum absolute atomic E-state index is 0.00311. The Balaban J connectivity index is 1.37. The fraction of sp³-hybridized carbons (Fsp3) is 0.333. The van der Waals surface area contributed by atoms with Crippen LogP contribution < -0.4 is 15.5 Å². The van der Waals surface area contributed by atoms with E-state index in [4.69, 9.17) is 11.6 Å². The van der Waals surface area contributed by atoms with Crippen molar-refractivity contribution in [3.63, 3.8) is 0 Å². The van der Waals surface area contributed by atoms with Crippen molar-refractivity contribution in [2.75, 3.05) is 23.3 Å². The molecular weight excluding hydrogens is 404 g/mol. The average Bonchev–Trinajstić information content (AvgIpc) is 3.50. The third-order valence-electron chi connectivity index (χ3n) is 5.58. The molecule has 0 unspecified atom stereocenters. The summed E-state index contributed by atoms with van der Waals surface area (Å²) in [5.41, 5.74) is 2.67. The molecular formula is C21H21ClN6O2. The molecule has 9 heteroatoms. The first-order valence-electron chi connectivity index (χ1n) is 9.94. The Morgan fingerprint density at radius 3 is 3.00 bits per heavy atom. The monoisotopic (exact) mass is 424 g/mol. The number of aromatic nitrogens is 3. The van der Waals surface area contributed by atoms with Gasteiger partial charge in [-0.25, -0.2) is 4.98 Å². The van der Waals surface area contributed by atoms with E-state index in [0.29, 0.717) is 40.2 Å². The maximum Gasteiger partial charge on any atom is 0.253 e. The second-order valence-electron chi connectivity index (χ2n) is 7.78. The quantitative estimate of drug-likeness (QED) is 0.657. The van der Waals surface area contributed by atoms with Crippen molar-refractivity contribution in [3.8, 4) is 0 Å². The SMILES string of the molecule is Cn1nc(CNC(=O)c2cnc3c(c2)N(CC2CC2)C(=O)CN3)c2c(Cl)cccc21. The van der Waals surface area contributed by atoms with E-state index >= 15 is 0 Å². The molecule has 5 rings (SSSR count). The highest BCUT2D eigenvalue weighted by Gasteiger charge is 2.32.